The lowest BCUT2D eigenvalue weighted by Gasteiger charge is -2.21. The van der Waals surface area contributed by atoms with Gasteiger partial charge in [0.05, 0.1) is 28.9 Å². The largest absolute Gasteiger partial charge is 0.382 e. The molecule has 2 heterocycles. The van der Waals surface area contributed by atoms with Crippen LogP contribution >= 0.6 is 0 Å². The average molecular weight is 459 g/mol. The number of nitrogens with two attached hydrogens (primary N) is 2. The Labute approximate surface area is 190 Å². The van der Waals surface area contributed by atoms with Gasteiger partial charge >= 0.3 is 0 Å². The van der Waals surface area contributed by atoms with Crippen LogP contribution in [-0.2, 0) is 0 Å². The van der Waals surface area contributed by atoms with Crippen molar-refractivity contribution in [3.8, 4) is 17.8 Å². The highest BCUT2D eigenvalue weighted by Crippen LogP contribution is 2.26. The number of benzene rings is 2. The van der Waals surface area contributed by atoms with Crippen molar-refractivity contribution in [1.82, 2.24) is 19.5 Å². The Bertz CT molecular complexity index is 1600. The van der Waals surface area contributed by atoms with Gasteiger partial charge in [0.25, 0.3) is 5.56 Å². The van der Waals surface area contributed by atoms with Crippen LogP contribution in [-0.4, -0.2) is 19.5 Å². The number of nitrogen functional groups attached to an aromatic ring is 2. The molecule has 0 amide bonds. The third-order valence-electron chi connectivity index (χ3n) is 4.95. The molecule has 0 fully saturated rings. The molecule has 0 aliphatic carbocycles. The summed E-state index contributed by atoms with van der Waals surface area (Å²) >= 11 is 0. The predicted molar refractivity (Wildman–Crippen MR) is 120 cm³/mol. The van der Waals surface area contributed by atoms with Crippen molar-refractivity contribution in [2.24, 2.45) is 0 Å². The SMILES string of the molecule is C[C@H](Nc1nc(N)nc(N)c1C#N)c1nc2cccc(F)c2c(=O)n1-c1cc(F)cc(C#N)c1. The van der Waals surface area contributed by atoms with Crippen LogP contribution in [0.1, 0.15) is 29.9 Å². The lowest BCUT2D eigenvalue weighted by molar-refractivity contribution is 0.623. The highest BCUT2D eigenvalue weighted by atomic mass is 19.1. The first-order valence-electron chi connectivity index (χ1n) is 9.75. The molecule has 0 saturated carbocycles. The summed E-state index contributed by atoms with van der Waals surface area (Å²) in [6.45, 7) is 1.59. The quantitative estimate of drug-likeness (QED) is 0.414. The van der Waals surface area contributed by atoms with E-state index in [4.69, 9.17) is 11.5 Å². The molecule has 0 unspecified atom stereocenters. The number of hydrogen-bond acceptors (Lipinski definition) is 9. The van der Waals surface area contributed by atoms with E-state index in [1.807, 2.05) is 12.1 Å². The average Bonchev–Trinajstić information content (AvgIpc) is 2.78. The maximum Gasteiger partial charge on any atom is 0.269 e. The van der Waals surface area contributed by atoms with Gasteiger partial charge in [0.2, 0.25) is 5.95 Å². The van der Waals surface area contributed by atoms with Crippen molar-refractivity contribution in [2.75, 3.05) is 16.8 Å². The van der Waals surface area contributed by atoms with Gasteiger partial charge in [-0.15, -0.1) is 0 Å². The van der Waals surface area contributed by atoms with E-state index in [1.165, 1.54) is 18.2 Å². The van der Waals surface area contributed by atoms with Gasteiger partial charge in [-0.2, -0.15) is 20.5 Å². The molecule has 4 rings (SSSR count). The maximum atomic E-state index is 14.6. The molecule has 0 radical (unpaired) electrons. The minimum Gasteiger partial charge on any atom is -0.382 e. The van der Waals surface area contributed by atoms with Crippen molar-refractivity contribution >= 4 is 28.5 Å². The van der Waals surface area contributed by atoms with Crippen molar-refractivity contribution < 1.29 is 8.78 Å². The number of fused-ring (bicyclic) bond motifs is 1. The monoisotopic (exact) mass is 459 g/mol. The zero-order valence-corrected chi connectivity index (χ0v) is 17.5. The molecule has 2 aromatic heterocycles. The molecule has 34 heavy (non-hydrogen) atoms. The van der Waals surface area contributed by atoms with Crippen LogP contribution in [0.5, 0.6) is 0 Å². The molecule has 10 nitrogen and oxygen atoms in total. The second-order valence-corrected chi connectivity index (χ2v) is 7.22. The van der Waals surface area contributed by atoms with Gasteiger partial charge in [0, 0.05) is 0 Å². The van der Waals surface area contributed by atoms with Crippen LogP contribution in [0.15, 0.2) is 41.2 Å². The molecule has 0 spiro atoms. The van der Waals surface area contributed by atoms with E-state index in [9.17, 15) is 24.1 Å². The van der Waals surface area contributed by atoms with Crippen molar-refractivity contribution in [3.05, 3.63) is 75.3 Å². The molecular formula is C22H15F2N9O. The number of rotatable bonds is 4. The molecule has 0 aliphatic heterocycles. The number of nitrogens with one attached hydrogen (secondary N) is 1. The molecule has 4 aromatic rings. The summed E-state index contributed by atoms with van der Waals surface area (Å²) < 4.78 is 29.8. The Morgan fingerprint density at radius 2 is 1.85 bits per heavy atom. The fourth-order valence-electron chi connectivity index (χ4n) is 3.50. The van der Waals surface area contributed by atoms with Crippen LogP contribution < -0.4 is 22.3 Å². The second kappa shape index (κ2) is 8.44. The van der Waals surface area contributed by atoms with E-state index >= 15 is 0 Å². The normalized spacial score (nSPS) is 11.6. The highest BCUT2D eigenvalue weighted by molar-refractivity contribution is 5.79. The van der Waals surface area contributed by atoms with E-state index in [2.05, 4.69) is 20.3 Å². The van der Waals surface area contributed by atoms with Gasteiger partial charge in [0.15, 0.2) is 5.82 Å². The summed E-state index contributed by atoms with van der Waals surface area (Å²) in [5.74, 6) is -1.92. The van der Waals surface area contributed by atoms with Crippen LogP contribution in [0.2, 0.25) is 0 Å². The Morgan fingerprint density at radius 3 is 2.56 bits per heavy atom. The summed E-state index contributed by atoms with van der Waals surface area (Å²) in [4.78, 5) is 25.6. The summed E-state index contributed by atoms with van der Waals surface area (Å²) in [6, 6.07) is 10.1. The zero-order chi connectivity index (χ0) is 24.6. The highest BCUT2D eigenvalue weighted by Gasteiger charge is 2.22. The van der Waals surface area contributed by atoms with Crippen molar-refractivity contribution in [1.29, 1.82) is 10.5 Å². The number of halogens is 2. The molecule has 0 bridgehead atoms. The molecule has 0 aliphatic rings. The van der Waals surface area contributed by atoms with Gasteiger partial charge in [-0.25, -0.2) is 13.8 Å². The third kappa shape index (κ3) is 3.80. The first kappa shape index (κ1) is 22.1. The smallest absolute Gasteiger partial charge is 0.269 e. The number of nitrogens with zero attached hydrogens (tertiary/aromatic N) is 6. The Hall–Kier alpha value is -5.10. The van der Waals surface area contributed by atoms with E-state index in [0.29, 0.717) is 0 Å². The Balaban J connectivity index is 1.99. The minimum atomic E-state index is -0.852. The van der Waals surface area contributed by atoms with Gasteiger partial charge in [0.1, 0.15) is 40.3 Å². The van der Waals surface area contributed by atoms with Gasteiger partial charge in [-0.3, -0.25) is 9.36 Å². The standard InChI is InChI=1S/C22H15F2N9O/c1-10(29-19-14(9-26)18(27)31-22(28)32-19)20-30-16-4-2-3-15(24)17(16)21(34)33(20)13-6-11(8-25)5-12(23)7-13/h2-7,10H,1H3,(H5,27,28,29,31,32)/t10-/m0/s1. The Morgan fingerprint density at radius 1 is 1.09 bits per heavy atom. The van der Waals surface area contributed by atoms with Crippen LogP contribution in [0.3, 0.4) is 0 Å². The van der Waals surface area contributed by atoms with Gasteiger partial charge in [-0.05, 0) is 37.3 Å². The van der Waals surface area contributed by atoms with E-state index in [0.717, 1.165) is 22.8 Å². The number of nitriles is 2. The van der Waals surface area contributed by atoms with Crippen LogP contribution in [0.4, 0.5) is 26.4 Å². The zero-order valence-electron chi connectivity index (χ0n) is 17.5. The van der Waals surface area contributed by atoms with Crippen LogP contribution in [0, 0.1) is 34.3 Å². The van der Waals surface area contributed by atoms with Gasteiger partial charge < -0.3 is 16.8 Å². The summed E-state index contributed by atoms with van der Waals surface area (Å²) in [5.41, 5.74) is 10.5. The number of hydrogen-bond donors (Lipinski definition) is 3. The van der Waals surface area contributed by atoms with Gasteiger partial charge in [-0.1, -0.05) is 6.07 Å². The fourth-order valence-corrected chi connectivity index (χ4v) is 3.50. The van der Waals surface area contributed by atoms with Crippen LogP contribution in [0.25, 0.3) is 16.6 Å². The van der Waals surface area contributed by atoms with E-state index < -0.39 is 23.2 Å². The lowest BCUT2D eigenvalue weighted by atomic mass is 10.1. The van der Waals surface area contributed by atoms with Crippen molar-refractivity contribution in [2.45, 2.75) is 13.0 Å². The summed E-state index contributed by atoms with van der Waals surface area (Å²) in [6.07, 6.45) is 0. The molecule has 12 heteroatoms. The van der Waals surface area contributed by atoms with E-state index in [-0.39, 0.29) is 51.1 Å². The van der Waals surface area contributed by atoms with E-state index in [1.54, 1.807) is 6.92 Å². The lowest BCUT2D eigenvalue weighted by Crippen LogP contribution is -2.28. The van der Waals surface area contributed by atoms with Crippen molar-refractivity contribution in [3.63, 3.8) is 0 Å². The molecule has 168 valence electrons. The number of aromatic nitrogens is 4. The predicted octanol–water partition coefficient (Wildman–Crippen LogP) is 2.53. The molecular weight excluding hydrogens is 444 g/mol. The first-order chi connectivity index (χ1) is 16.2. The second-order valence-electron chi connectivity index (χ2n) is 7.22. The molecule has 5 N–H and O–H groups in total. The first-order valence-corrected chi connectivity index (χ1v) is 9.75. The topological polar surface area (TPSA) is 172 Å². The molecule has 1 atom stereocenters. The maximum absolute atomic E-state index is 14.6. The third-order valence-corrected chi connectivity index (χ3v) is 4.95. The molecule has 2 aromatic carbocycles. The molecule has 0 saturated heterocycles. The number of anilines is 3. The summed E-state index contributed by atoms with van der Waals surface area (Å²) in [7, 11) is 0. The Kier molecular flexibility index (Phi) is 5.49. The minimum absolute atomic E-state index is 0.0166. The summed E-state index contributed by atoms with van der Waals surface area (Å²) in [5, 5.41) is 21.3. The fraction of sp³-hybridized carbons (Fsp3) is 0.0909.